The zero-order chi connectivity index (χ0) is 17.2. The third kappa shape index (κ3) is 3.57. The van der Waals surface area contributed by atoms with E-state index in [0.717, 1.165) is 11.4 Å². The summed E-state index contributed by atoms with van der Waals surface area (Å²) in [6, 6.07) is 21.4. The van der Waals surface area contributed by atoms with E-state index in [1.165, 1.54) is 15.8 Å². The first-order chi connectivity index (χ1) is 12.2. The second-order valence-corrected chi connectivity index (χ2v) is 6.72. The molecule has 2 unspecified atom stereocenters. The van der Waals surface area contributed by atoms with Crippen molar-refractivity contribution in [3.8, 4) is 0 Å². The first kappa shape index (κ1) is 15.9. The molecule has 1 aromatic heterocycles. The summed E-state index contributed by atoms with van der Waals surface area (Å²) in [5.74, 6) is 0.821. The van der Waals surface area contributed by atoms with Crippen LogP contribution in [0.5, 0.6) is 0 Å². The lowest BCUT2D eigenvalue weighted by Crippen LogP contribution is -2.33. The van der Waals surface area contributed by atoms with Gasteiger partial charge in [0.15, 0.2) is 0 Å². The fourth-order valence-electron chi connectivity index (χ4n) is 3.13. The third-order valence-corrected chi connectivity index (χ3v) is 4.83. The van der Waals surface area contributed by atoms with E-state index in [-0.39, 0.29) is 5.90 Å². The van der Waals surface area contributed by atoms with Crippen molar-refractivity contribution in [1.29, 1.82) is 0 Å². The molecule has 0 amide bonds. The van der Waals surface area contributed by atoms with Gasteiger partial charge in [-0.05, 0) is 52.2 Å². The largest absolute Gasteiger partial charge is 0.854 e. The quantitative estimate of drug-likeness (QED) is 0.404. The molecule has 0 N–H and O–H groups in total. The van der Waals surface area contributed by atoms with Gasteiger partial charge in [-0.25, -0.2) is 0 Å². The summed E-state index contributed by atoms with van der Waals surface area (Å²) in [4.78, 5) is 0. The maximum Gasteiger partial charge on any atom is 0.202 e. The number of hydrogen-bond donors (Lipinski definition) is 0. The van der Waals surface area contributed by atoms with Crippen LogP contribution in [0, 0.1) is 0 Å². The fraction of sp³-hybridized carbons (Fsp3) is 0.143. The molecule has 124 valence electrons. The van der Waals surface area contributed by atoms with Gasteiger partial charge in [0.25, 0.3) is 0 Å². The molecule has 2 aromatic carbocycles. The summed E-state index contributed by atoms with van der Waals surface area (Å²) in [6.07, 6.45) is 4.62. The van der Waals surface area contributed by atoms with Crippen LogP contribution >= 0.6 is 11.6 Å². The smallest absolute Gasteiger partial charge is 0.202 e. The summed E-state index contributed by atoms with van der Waals surface area (Å²) in [6.45, 7) is 0. The summed E-state index contributed by atoms with van der Waals surface area (Å²) in [7, 11) is 0. The monoisotopic (exact) mass is 348 g/mol. The summed E-state index contributed by atoms with van der Waals surface area (Å²) in [5, 5.41) is 17.1. The number of nitrogens with zero attached hydrogens (tertiary/aromatic N) is 2. The van der Waals surface area contributed by atoms with E-state index in [4.69, 9.17) is 11.6 Å². The molecule has 3 nitrogen and oxygen atoms in total. The number of pyridine rings is 1. The average molecular weight is 349 g/mol. The van der Waals surface area contributed by atoms with Gasteiger partial charge in [-0.3, -0.25) is 0 Å². The predicted molar refractivity (Wildman–Crippen MR) is 96.6 cm³/mol. The predicted octanol–water partition coefficient (Wildman–Crippen LogP) is 3.47. The molecule has 4 rings (SSSR count). The molecule has 0 spiro atoms. The number of hydrogen-bond acceptors (Lipinski definition) is 2. The SMILES string of the molecule is [O-]C(=N[n+]1ccccc1)c1ccc(C2CC2c2ccc(Cl)cc2)cc1. The van der Waals surface area contributed by atoms with Crippen molar-refractivity contribution < 1.29 is 9.78 Å². The van der Waals surface area contributed by atoms with Gasteiger partial charge in [0.2, 0.25) is 12.4 Å². The Kier molecular flexibility index (Phi) is 4.24. The van der Waals surface area contributed by atoms with Crippen LogP contribution in [-0.2, 0) is 0 Å². The van der Waals surface area contributed by atoms with E-state index in [1.807, 2.05) is 54.6 Å². The molecule has 1 aliphatic carbocycles. The van der Waals surface area contributed by atoms with E-state index in [9.17, 15) is 5.11 Å². The number of halogens is 1. The van der Waals surface area contributed by atoms with Gasteiger partial charge < -0.3 is 5.11 Å². The Morgan fingerprint density at radius 1 is 0.880 bits per heavy atom. The minimum atomic E-state index is -0.243. The minimum Gasteiger partial charge on any atom is -0.854 e. The van der Waals surface area contributed by atoms with Crippen molar-refractivity contribution in [2.45, 2.75) is 18.3 Å². The molecule has 1 saturated carbocycles. The fourth-order valence-corrected chi connectivity index (χ4v) is 3.26. The van der Waals surface area contributed by atoms with Crippen LogP contribution in [0.15, 0.2) is 84.2 Å². The Morgan fingerprint density at radius 2 is 1.44 bits per heavy atom. The van der Waals surface area contributed by atoms with Crippen molar-refractivity contribution in [1.82, 2.24) is 0 Å². The van der Waals surface area contributed by atoms with Crippen LogP contribution in [0.3, 0.4) is 0 Å². The standard InChI is InChI=1S/C21H17ClN2O/c22-18-10-8-16(9-11-18)20-14-19(20)15-4-6-17(7-5-15)21(25)23-24-12-2-1-3-13-24/h1-13,19-20H,14H2. The van der Waals surface area contributed by atoms with E-state index in [0.29, 0.717) is 17.4 Å². The summed E-state index contributed by atoms with van der Waals surface area (Å²) >= 11 is 5.95. The topological polar surface area (TPSA) is 39.3 Å². The first-order valence-electron chi connectivity index (χ1n) is 8.29. The highest BCUT2D eigenvalue weighted by Crippen LogP contribution is 2.54. The molecule has 4 heteroatoms. The van der Waals surface area contributed by atoms with Crippen LogP contribution in [0.2, 0.25) is 5.02 Å². The Bertz CT molecular complexity index is 889. The molecule has 0 aliphatic heterocycles. The summed E-state index contributed by atoms with van der Waals surface area (Å²) in [5.41, 5.74) is 3.19. The molecule has 0 saturated heterocycles. The van der Waals surface area contributed by atoms with Crippen LogP contribution < -0.4 is 9.78 Å². The van der Waals surface area contributed by atoms with Crippen LogP contribution in [0.4, 0.5) is 0 Å². The lowest BCUT2D eigenvalue weighted by molar-refractivity contribution is -0.681. The Balaban J connectivity index is 1.48. The molecule has 25 heavy (non-hydrogen) atoms. The molecular weight excluding hydrogens is 332 g/mol. The van der Waals surface area contributed by atoms with Crippen molar-refractivity contribution in [2.75, 3.05) is 0 Å². The van der Waals surface area contributed by atoms with Gasteiger partial charge in [-0.1, -0.05) is 58.7 Å². The molecule has 3 aromatic rings. The highest BCUT2D eigenvalue weighted by atomic mass is 35.5. The highest BCUT2D eigenvalue weighted by Gasteiger charge is 2.39. The van der Waals surface area contributed by atoms with Crippen molar-refractivity contribution in [2.24, 2.45) is 5.10 Å². The van der Waals surface area contributed by atoms with Gasteiger partial charge in [-0.2, -0.15) is 0 Å². The minimum absolute atomic E-state index is 0.243. The Hall–Kier alpha value is -2.65. The van der Waals surface area contributed by atoms with Gasteiger partial charge in [0.05, 0.1) is 5.90 Å². The molecule has 2 atom stereocenters. The lowest BCUT2D eigenvalue weighted by atomic mass is 10.0. The van der Waals surface area contributed by atoms with E-state index < -0.39 is 0 Å². The molecule has 1 heterocycles. The molecule has 0 radical (unpaired) electrons. The van der Waals surface area contributed by atoms with Crippen LogP contribution in [-0.4, -0.2) is 5.90 Å². The second-order valence-electron chi connectivity index (χ2n) is 6.28. The normalized spacial score (nSPS) is 19.6. The Labute approximate surface area is 151 Å². The van der Waals surface area contributed by atoms with Crippen molar-refractivity contribution in [3.05, 3.63) is 101 Å². The first-order valence-corrected chi connectivity index (χ1v) is 8.66. The van der Waals surface area contributed by atoms with Gasteiger partial charge in [0.1, 0.15) is 0 Å². The van der Waals surface area contributed by atoms with E-state index >= 15 is 0 Å². The summed E-state index contributed by atoms with van der Waals surface area (Å²) < 4.78 is 1.52. The maximum absolute atomic E-state index is 12.2. The van der Waals surface area contributed by atoms with Crippen LogP contribution in [0.25, 0.3) is 0 Å². The van der Waals surface area contributed by atoms with Gasteiger partial charge in [0, 0.05) is 17.2 Å². The van der Waals surface area contributed by atoms with E-state index in [2.05, 4.69) is 17.2 Å². The second kappa shape index (κ2) is 6.69. The van der Waals surface area contributed by atoms with E-state index in [1.54, 1.807) is 12.4 Å². The van der Waals surface area contributed by atoms with Crippen molar-refractivity contribution >= 4 is 17.5 Å². The molecular formula is C21H17ClN2O. The molecule has 0 bridgehead atoms. The average Bonchev–Trinajstić information content (AvgIpc) is 3.44. The third-order valence-electron chi connectivity index (χ3n) is 4.58. The lowest BCUT2D eigenvalue weighted by Gasteiger charge is -2.08. The van der Waals surface area contributed by atoms with Gasteiger partial charge in [-0.15, -0.1) is 0 Å². The van der Waals surface area contributed by atoms with Crippen molar-refractivity contribution in [3.63, 3.8) is 0 Å². The van der Waals surface area contributed by atoms with Gasteiger partial charge >= 0.3 is 0 Å². The zero-order valence-electron chi connectivity index (χ0n) is 13.5. The molecule has 1 fully saturated rings. The Morgan fingerprint density at radius 3 is 2.04 bits per heavy atom. The molecule has 1 aliphatic rings. The number of rotatable bonds is 4. The number of aromatic nitrogens is 1. The van der Waals surface area contributed by atoms with Crippen LogP contribution in [0.1, 0.15) is 34.9 Å². The highest BCUT2D eigenvalue weighted by molar-refractivity contribution is 6.30. The maximum atomic E-state index is 12.2. The zero-order valence-corrected chi connectivity index (χ0v) is 14.3. The number of benzene rings is 2.